The summed E-state index contributed by atoms with van der Waals surface area (Å²) in [7, 11) is -3.82. The van der Waals surface area contributed by atoms with Gasteiger partial charge in [-0.25, -0.2) is 12.8 Å². The van der Waals surface area contributed by atoms with Crippen LogP contribution in [0.25, 0.3) is 0 Å². The Morgan fingerprint density at radius 1 is 1.12 bits per heavy atom. The van der Waals surface area contributed by atoms with Crippen LogP contribution in [0, 0.1) is 18.7 Å². The van der Waals surface area contributed by atoms with E-state index in [2.05, 4.69) is 10.0 Å². The normalized spacial score (nSPS) is 11.4. The number of hydrogen-bond acceptors (Lipinski definition) is 3. The highest BCUT2D eigenvalue weighted by atomic mass is 32.2. The molecular weight excluding hydrogens is 343 g/mol. The fraction of sp³-hybridized carbons (Fsp3) is 0.278. The highest BCUT2D eigenvalue weighted by Crippen LogP contribution is 2.19. The molecule has 0 aliphatic rings. The Kier molecular flexibility index (Phi) is 5.79. The lowest BCUT2D eigenvalue weighted by atomic mass is 10.2. The molecule has 0 spiro atoms. The Morgan fingerprint density at radius 2 is 1.76 bits per heavy atom. The monoisotopic (exact) mass is 364 g/mol. The van der Waals surface area contributed by atoms with Crippen LogP contribution in [0.15, 0.2) is 47.4 Å². The van der Waals surface area contributed by atoms with E-state index in [9.17, 15) is 17.6 Å². The molecule has 0 bridgehead atoms. The van der Waals surface area contributed by atoms with Crippen molar-refractivity contribution in [3.63, 3.8) is 0 Å². The smallest absolute Gasteiger partial charge is 0.261 e. The fourth-order valence-corrected chi connectivity index (χ4v) is 3.23. The second-order valence-corrected chi connectivity index (χ2v) is 7.88. The second kappa shape index (κ2) is 7.65. The third-order valence-corrected chi connectivity index (χ3v) is 4.89. The largest absolute Gasteiger partial charge is 0.352 e. The molecule has 2 aromatic carbocycles. The number of amides is 1. The molecule has 5 nitrogen and oxygen atoms in total. The molecular formula is C18H21FN2O3S. The van der Waals surface area contributed by atoms with Crippen LogP contribution in [0.5, 0.6) is 0 Å². The number of carbonyl (C=O) groups excluding carboxylic acids is 1. The van der Waals surface area contributed by atoms with Gasteiger partial charge in [-0.3, -0.25) is 9.52 Å². The predicted octanol–water partition coefficient (Wildman–Crippen LogP) is 3.32. The van der Waals surface area contributed by atoms with E-state index in [1.807, 2.05) is 13.8 Å². The SMILES string of the molecule is Cc1cc(S(=O)(=O)Nc2ccc(C(=O)NCC(C)C)cc2)ccc1F. The first-order chi connectivity index (χ1) is 11.7. The van der Waals surface area contributed by atoms with Gasteiger partial charge in [-0.05, 0) is 60.9 Å². The molecule has 2 rings (SSSR count). The highest BCUT2D eigenvalue weighted by Gasteiger charge is 2.16. The lowest BCUT2D eigenvalue weighted by Crippen LogP contribution is -2.27. The van der Waals surface area contributed by atoms with Crippen LogP contribution >= 0.6 is 0 Å². The minimum Gasteiger partial charge on any atom is -0.352 e. The Morgan fingerprint density at radius 3 is 2.32 bits per heavy atom. The first-order valence-corrected chi connectivity index (χ1v) is 9.34. The fourth-order valence-electron chi connectivity index (χ4n) is 2.09. The van der Waals surface area contributed by atoms with E-state index in [4.69, 9.17) is 0 Å². The Bertz CT molecular complexity index is 862. The summed E-state index contributed by atoms with van der Waals surface area (Å²) < 4.78 is 40.4. The van der Waals surface area contributed by atoms with Crippen LogP contribution in [0.3, 0.4) is 0 Å². The molecule has 2 N–H and O–H groups in total. The molecule has 0 fully saturated rings. The zero-order valence-corrected chi connectivity index (χ0v) is 15.2. The number of sulfonamides is 1. The van der Waals surface area contributed by atoms with E-state index in [-0.39, 0.29) is 16.4 Å². The third-order valence-electron chi connectivity index (χ3n) is 3.51. The summed E-state index contributed by atoms with van der Waals surface area (Å²) in [5, 5.41) is 2.79. The summed E-state index contributed by atoms with van der Waals surface area (Å²) in [6.07, 6.45) is 0. The lowest BCUT2D eigenvalue weighted by molar-refractivity contribution is 0.0949. The first kappa shape index (κ1) is 18.9. The van der Waals surface area contributed by atoms with Gasteiger partial charge in [0.05, 0.1) is 4.90 Å². The van der Waals surface area contributed by atoms with Crippen molar-refractivity contribution >= 4 is 21.6 Å². The summed E-state index contributed by atoms with van der Waals surface area (Å²) in [6.45, 7) is 6.06. The van der Waals surface area contributed by atoms with E-state index >= 15 is 0 Å². The molecule has 0 saturated heterocycles. The molecule has 0 aliphatic heterocycles. The zero-order valence-electron chi connectivity index (χ0n) is 14.3. The van der Waals surface area contributed by atoms with E-state index in [0.717, 1.165) is 6.07 Å². The van der Waals surface area contributed by atoms with Gasteiger partial charge in [0.1, 0.15) is 5.82 Å². The summed E-state index contributed by atoms with van der Waals surface area (Å²) in [5.74, 6) is -0.331. The molecule has 0 atom stereocenters. The van der Waals surface area contributed by atoms with E-state index in [0.29, 0.717) is 23.7 Å². The van der Waals surface area contributed by atoms with Crippen molar-refractivity contribution in [2.45, 2.75) is 25.7 Å². The molecule has 25 heavy (non-hydrogen) atoms. The van der Waals surface area contributed by atoms with Crippen molar-refractivity contribution in [2.24, 2.45) is 5.92 Å². The standard InChI is InChI=1S/C18H21FN2O3S/c1-12(2)11-20-18(22)14-4-6-15(7-5-14)21-25(23,24)16-8-9-17(19)13(3)10-16/h4-10,12,21H,11H2,1-3H3,(H,20,22). The number of halogens is 1. The van der Waals surface area contributed by atoms with Gasteiger partial charge in [-0.1, -0.05) is 13.8 Å². The Hall–Kier alpha value is -2.41. The number of aryl methyl sites for hydroxylation is 1. The number of benzene rings is 2. The topological polar surface area (TPSA) is 75.3 Å². The number of hydrogen-bond donors (Lipinski definition) is 2. The zero-order chi connectivity index (χ0) is 18.6. The molecule has 0 unspecified atom stereocenters. The van der Waals surface area contributed by atoms with Gasteiger partial charge < -0.3 is 5.32 Å². The van der Waals surface area contributed by atoms with E-state index in [1.165, 1.54) is 31.2 Å². The van der Waals surface area contributed by atoms with Crippen molar-refractivity contribution in [3.05, 3.63) is 59.4 Å². The van der Waals surface area contributed by atoms with Crippen molar-refractivity contribution in [3.8, 4) is 0 Å². The number of nitrogens with one attached hydrogen (secondary N) is 2. The van der Waals surface area contributed by atoms with Crippen LogP contribution < -0.4 is 10.0 Å². The minimum atomic E-state index is -3.82. The van der Waals surface area contributed by atoms with Crippen LogP contribution in [0.1, 0.15) is 29.8 Å². The summed E-state index contributed by atoms with van der Waals surface area (Å²) >= 11 is 0. The van der Waals surface area contributed by atoms with Crippen LogP contribution in [0.2, 0.25) is 0 Å². The lowest BCUT2D eigenvalue weighted by Gasteiger charge is -2.10. The van der Waals surface area contributed by atoms with Crippen molar-refractivity contribution < 1.29 is 17.6 Å². The van der Waals surface area contributed by atoms with Gasteiger partial charge in [-0.2, -0.15) is 0 Å². The van der Waals surface area contributed by atoms with Gasteiger partial charge >= 0.3 is 0 Å². The maximum Gasteiger partial charge on any atom is 0.261 e. The summed E-state index contributed by atoms with van der Waals surface area (Å²) in [5.41, 5.74) is 1.02. The predicted molar refractivity (Wildman–Crippen MR) is 95.6 cm³/mol. The molecule has 134 valence electrons. The Balaban J connectivity index is 2.12. The van der Waals surface area contributed by atoms with Crippen LogP contribution in [0.4, 0.5) is 10.1 Å². The molecule has 0 heterocycles. The molecule has 0 aromatic heterocycles. The molecule has 7 heteroatoms. The van der Waals surface area contributed by atoms with E-state index in [1.54, 1.807) is 12.1 Å². The van der Waals surface area contributed by atoms with E-state index < -0.39 is 15.8 Å². The third kappa shape index (κ3) is 5.03. The maximum atomic E-state index is 13.3. The van der Waals surface area contributed by atoms with Crippen molar-refractivity contribution in [1.29, 1.82) is 0 Å². The highest BCUT2D eigenvalue weighted by molar-refractivity contribution is 7.92. The second-order valence-electron chi connectivity index (χ2n) is 6.20. The minimum absolute atomic E-state index is 0.0230. The maximum absolute atomic E-state index is 13.3. The average molecular weight is 364 g/mol. The van der Waals surface area contributed by atoms with Gasteiger partial charge in [0, 0.05) is 17.8 Å². The molecule has 0 aliphatic carbocycles. The van der Waals surface area contributed by atoms with Gasteiger partial charge in [0.15, 0.2) is 0 Å². The average Bonchev–Trinajstić information content (AvgIpc) is 2.55. The van der Waals surface area contributed by atoms with Gasteiger partial charge in [-0.15, -0.1) is 0 Å². The molecule has 0 radical (unpaired) electrons. The number of carbonyl (C=O) groups is 1. The van der Waals surface area contributed by atoms with Gasteiger partial charge in [0.2, 0.25) is 0 Å². The first-order valence-electron chi connectivity index (χ1n) is 7.86. The number of rotatable bonds is 6. The van der Waals surface area contributed by atoms with Crippen molar-refractivity contribution in [2.75, 3.05) is 11.3 Å². The molecule has 2 aromatic rings. The molecule has 1 amide bonds. The Labute approximate surface area is 147 Å². The van der Waals surface area contributed by atoms with Crippen molar-refractivity contribution in [1.82, 2.24) is 5.32 Å². The summed E-state index contributed by atoms with van der Waals surface area (Å²) in [6, 6.07) is 9.71. The quantitative estimate of drug-likeness (QED) is 0.826. The summed E-state index contributed by atoms with van der Waals surface area (Å²) in [4.78, 5) is 11.9. The van der Waals surface area contributed by atoms with Crippen LogP contribution in [-0.4, -0.2) is 20.9 Å². The van der Waals surface area contributed by atoms with Crippen LogP contribution in [-0.2, 0) is 10.0 Å². The van der Waals surface area contributed by atoms with Gasteiger partial charge in [0.25, 0.3) is 15.9 Å². The molecule has 0 saturated carbocycles. The number of anilines is 1.